The molecule has 1 unspecified atom stereocenters. The van der Waals surface area contributed by atoms with Gasteiger partial charge in [0.1, 0.15) is 0 Å². The van der Waals surface area contributed by atoms with Gasteiger partial charge in [-0.3, -0.25) is 0 Å². The Morgan fingerprint density at radius 2 is 2.00 bits per heavy atom. The van der Waals surface area contributed by atoms with Crippen LogP contribution in [0.4, 0.5) is 0 Å². The van der Waals surface area contributed by atoms with Crippen LogP contribution in [0.25, 0.3) is 0 Å². The van der Waals surface area contributed by atoms with Gasteiger partial charge in [-0.15, -0.1) is 6.42 Å². The SMILES string of the molecule is C#CC(N)C1(C)CCCC1. The lowest BCUT2D eigenvalue weighted by Gasteiger charge is -2.26. The van der Waals surface area contributed by atoms with E-state index in [2.05, 4.69) is 12.8 Å². The first-order valence-electron chi connectivity index (χ1n) is 3.91. The van der Waals surface area contributed by atoms with E-state index in [0.717, 1.165) is 0 Å². The summed E-state index contributed by atoms with van der Waals surface area (Å²) in [5.41, 5.74) is 6.02. The highest BCUT2D eigenvalue weighted by Crippen LogP contribution is 2.39. The highest BCUT2D eigenvalue weighted by atomic mass is 14.7. The zero-order valence-electron chi connectivity index (χ0n) is 6.56. The van der Waals surface area contributed by atoms with Crippen molar-refractivity contribution < 1.29 is 0 Å². The minimum absolute atomic E-state index is 0.0324. The fourth-order valence-corrected chi connectivity index (χ4v) is 1.69. The molecule has 1 aliphatic carbocycles. The molecule has 0 aromatic heterocycles. The van der Waals surface area contributed by atoms with Gasteiger partial charge in [-0.1, -0.05) is 25.7 Å². The van der Waals surface area contributed by atoms with Crippen molar-refractivity contribution in [3.05, 3.63) is 0 Å². The lowest BCUT2D eigenvalue weighted by Crippen LogP contribution is -2.35. The van der Waals surface area contributed by atoms with Crippen molar-refractivity contribution in [2.75, 3.05) is 0 Å². The molecule has 1 atom stereocenters. The lowest BCUT2D eigenvalue weighted by atomic mass is 9.82. The van der Waals surface area contributed by atoms with E-state index in [4.69, 9.17) is 12.2 Å². The molecule has 0 amide bonds. The smallest absolute Gasteiger partial charge is 0.0716 e. The molecule has 1 nitrogen and oxygen atoms in total. The van der Waals surface area contributed by atoms with E-state index in [0.29, 0.717) is 0 Å². The molecule has 2 N–H and O–H groups in total. The summed E-state index contributed by atoms with van der Waals surface area (Å²) >= 11 is 0. The normalized spacial score (nSPS) is 25.7. The zero-order valence-corrected chi connectivity index (χ0v) is 6.56. The van der Waals surface area contributed by atoms with Crippen molar-refractivity contribution in [3.63, 3.8) is 0 Å². The van der Waals surface area contributed by atoms with Gasteiger partial charge in [0.2, 0.25) is 0 Å². The number of terminal acetylenes is 1. The number of nitrogens with two attached hydrogens (primary N) is 1. The summed E-state index contributed by atoms with van der Waals surface area (Å²) in [4.78, 5) is 0. The minimum Gasteiger partial charge on any atom is -0.317 e. The van der Waals surface area contributed by atoms with Crippen molar-refractivity contribution >= 4 is 0 Å². The Bertz CT molecular complexity index is 149. The van der Waals surface area contributed by atoms with E-state index in [1.807, 2.05) is 0 Å². The first-order chi connectivity index (χ1) is 4.69. The third kappa shape index (κ3) is 1.17. The average Bonchev–Trinajstić information content (AvgIpc) is 2.36. The van der Waals surface area contributed by atoms with Crippen LogP contribution in [0.2, 0.25) is 0 Å². The topological polar surface area (TPSA) is 26.0 Å². The number of hydrogen-bond acceptors (Lipinski definition) is 1. The van der Waals surface area contributed by atoms with Crippen molar-refractivity contribution in [1.29, 1.82) is 0 Å². The monoisotopic (exact) mass is 137 g/mol. The summed E-state index contributed by atoms with van der Waals surface area (Å²) in [6.07, 6.45) is 10.3. The van der Waals surface area contributed by atoms with Gasteiger partial charge in [0, 0.05) is 0 Å². The van der Waals surface area contributed by atoms with Crippen LogP contribution in [-0.2, 0) is 0 Å². The van der Waals surface area contributed by atoms with E-state index in [1.165, 1.54) is 25.7 Å². The molecule has 0 radical (unpaired) electrons. The maximum Gasteiger partial charge on any atom is 0.0716 e. The van der Waals surface area contributed by atoms with E-state index in [9.17, 15) is 0 Å². The molecular weight excluding hydrogens is 122 g/mol. The maximum absolute atomic E-state index is 5.78. The minimum atomic E-state index is -0.0324. The molecule has 1 fully saturated rings. The van der Waals surface area contributed by atoms with Crippen molar-refractivity contribution in [2.24, 2.45) is 11.1 Å². The van der Waals surface area contributed by atoms with Gasteiger partial charge in [-0.2, -0.15) is 0 Å². The average molecular weight is 137 g/mol. The number of rotatable bonds is 1. The maximum atomic E-state index is 5.78. The molecule has 56 valence electrons. The Labute approximate surface area is 63.0 Å². The second kappa shape index (κ2) is 2.64. The molecule has 0 aliphatic heterocycles. The molecule has 1 aliphatic rings. The Morgan fingerprint density at radius 3 is 2.40 bits per heavy atom. The summed E-state index contributed by atoms with van der Waals surface area (Å²) in [5, 5.41) is 0. The van der Waals surface area contributed by atoms with Gasteiger partial charge in [0.15, 0.2) is 0 Å². The van der Waals surface area contributed by atoms with E-state index < -0.39 is 0 Å². The first kappa shape index (κ1) is 7.63. The van der Waals surface area contributed by atoms with Crippen LogP contribution in [0.1, 0.15) is 32.6 Å². The standard InChI is InChI=1S/C9H15N/c1-3-8(10)9(2)6-4-5-7-9/h1,8H,4-7,10H2,2H3. The zero-order chi connectivity index (χ0) is 7.61. The Morgan fingerprint density at radius 1 is 1.50 bits per heavy atom. The molecule has 10 heavy (non-hydrogen) atoms. The van der Waals surface area contributed by atoms with Crippen molar-refractivity contribution in [2.45, 2.75) is 38.6 Å². The van der Waals surface area contributed by atoms with E-state index in [1.54, 1.807) is 0 Å². The summed E-state index contributed by atoms with van der Waals surface area (Å²) < 4.78 is 0. The highest BCUT2D eigenvalue weighted by molar-refractivity contribution is 5.06. The predicted molar refractivity (Wildman–Crippen MR) is 43.4 cm³/mol. The third-order valence-electron chi connectivity index (χ3n) is 2.68. The summed E-state index contributed by atoms with van der Waals surface area (Å²) in [6.45, 7) is 2.20. The lowest BCUT2D eigenvalue weighted by molar-refractivity contribution is 0.305. The number of hydrogen-bond donors (Lipinski definition) is 1. The molecule has 0 saturated heterocycles. The fourth-order valence-electron chi connectivity index (χ4n) is 1.69. The van der Waals surface area contributed by atoms with Crippen LogP contribution in [0, 0.1) is 17.8 Å². The van der Waals surface area contributed by atoms with Crippen LogP contribution in [0.5, 0.6) is 0 Å². The quantitative estimate of drug-likeness (QED) is 0.545. The van der Waals surface area contributed by atoms with Gasteiger partial charge in [-0.25, -0.2) is 0 Å². The molecule has 1 heteroatoms. The van der Waals surface area contributed by atoms with Crippen LogP contribution < -0.4 is 5.73 Å². The molecular formula is C9H15N. The summed E-state index contributed by atoms with van der Waals surface area (Å²) in [7, 11) is 0. The molecule has 0 aromatic carbocycles. The highest BCUT2D eigenvalue weighted by Gasteiger charge is 2.33. The van der Waals surface area contributed by atoms with Gasteiger partial charge in [0.05, 0.1) is 6.04 Å². The Kier molecular flexibility index (Phi) is 2.01. The molecule has 0 heterocycles. The van der Waals surface area contributed by atoms with Gasteiger partial charge in [-0.05, 0) is 18.3 Å². The van der Waals surface area contributed by atoms with E-state index >= 15 is 0 Å². The van der Waals surface area contributed by atoms with E-state index in [-0.39, 0.29) is 11.5 Å². The van der Waals surface area contributed by atoms with Crippen LogP contribution >= 0.6 is 0 Å². The van der Waals surface area contributed by atoms with Gasteiger partial charge >= 0.3 is 0 Å². The van der Waals surface area contributed by atoms with Gasteiger partial charge < -0.3 is 5.73 Å². The second-order valence-corrected chi connectivity index (χ2v) is 3.51. The summed E-state index contributed by atoms with van der Waals surface area (Å²) in [5.74, 6) is 2.63. The van der Waals surface area contributed by atoms with Gasteiger partial charge in [0.25, 0.3) is 0 Å². The molecule has 0 spiro atoms. The first-order valence-corrected chi connectivity index (χ1v) is 3.91. The van der Waals surface area contributed by atoms with Crippen LogP contribution in [0.15, 0.2) is 0 Å². The van der Waals surface area contributed by atoms with Crippen LogP contribution in [0.3, 0.4) is 0 Å². The largest absolute Gasteiger partial charge is 0.317 e. The summed E-state index contributed by atoms with van der Waals surface area (Å²) in [6, 6.07) is -0.0324. The molecule has 0 bridgehead atoms. The third-order valence-corrected chi connectivity index (χ3v) is 2.68. The second-order valence-electron chi connectivity index (χ2n) is 3.51. The van der Waals surface area contributed by atoms with Crippen molar-refractivity contribution in [1.82, 2.24) is 0 Å². The predicted octanol–water partition coefficient (Wildman–Crippen LogP) is 1.53. The Balaban J connectivity index is 2.60. The molecule has 1 saturated carbocycles. The molecule has 0 aromatic rings. The van der Waals surface area contributed by atoms with Crippen molar-refractivity contribution in [3.8, 4) is 12.3 Å². The molecule has 1 rings (SSSR count). The Hall–Kier alpha value is -0.480. The fraction of sp³-hybridized carbons (Fsp3) is 0.778. The van der Waals surface area contributed by atoms with Crippen LogP contribution in [-0.4, -0.2) is 6.04 Å².